The summed E-state index contributed by atoms with van der Waals surface area (Å²) >= 11 is 0. The first kappa shape index (κ1) is 32.8. The predicted octanol–water partition coefficient (Wildman–Crippen LogP) is -5.56. The van der Waals surface area contributed by atoms with Crippen molar-refractivity contribution in [3.05, 3.63) is 0 Å². The number of carboxylic acids is 3. The molecule has 0 bridgehead atoms. The molecule has 0 aliphatic carbocycles. The van der Waals surface area contributed by atoms with Crippen molar-refractivity contribution in [2.45, 2.75) is 0 Å². The van der Waals surface area contributed by atoms with Crippen LogP contribution in [0.15, 0.2) is 0 Å². The maximum Gasteiger partial charge on any atom is 0.322 e. The minimum Gasteiger partial charge on any atom is -0.480 e. The van der Waals surface area contributed by atoms with E-state index in [-0.39, 0.29) is 56.0 Å². The van der Waals surface area contributed by atoms with E-state index in [0.29, 0.717) is 0 Å². The molecule has 165 valence electrons. The fourth-order valence-corrected chi connectivity index (χ4v) is 0.739. The summed E-state index contributed by atoms with van der Waals surface area (Å²) in [7, 11) is 0. The van der Waals surface area contributed by atoms with Gasteiger partial charge in [0.05, 0.1) is 19.6 Å². The normalized spacial score (nSPS) is 8.25. The molecule has 0 fully saturated rings. The fourth-order valence-electron chi connectivity index (χ4n) is 0.739. The van der Waals surface area contributed by atoms with Crippen LogP contribution in [0.1, 0.15) is 0 Å². The molecule has 0 aliphatic heterocycles. The number of nitrogens with one attached hydrogen (secondary N) is 3. The second kappa shape index (κ2) is 22.2. The number of amides is 3. The molecule has 12 N–H and O–H groups in total. The molecule has 0 atom stereocenters. The van der Waals surface area contributed by atoms with Gasteiger partial charge in [0.1, 0.15) is 19.6 Å². The van der Waals surface area contributed by atoms with Crippen LogP contribution < -0.4 is 33.2 Å². The number of rotatable bonds is 9. The first-order valence-corrected chi connectivity index (χ1v) is 7.05. The molecule has 0 unspecified atom stereocenters. The summed E-state index contributed by atoms with van der Waals surface area (Å²) < 4.78 is 0. The fraction of sp³-hybridized carbons (Fsp3) is 0.500. The minimum atomic E-state index is -1.07. The maximum absolute atomic E-state index is 10.2. The third kappa shape index (κ3) is 34.5. The Labute approximate surface area is 169 Å². The molecular weight excluding hydrogens is 431 g/mol. The summed E-state index contributed by atoms with van der Waals surface area (Å²) in [6, 6.07) is 0. The Morgan fingerprint density at radius 2 is 0.714 bits per heavy atom. The summed E-state index contributed by atoms with van der Waals surface area (Å²) in [5, 5.41) is 30.2. The van der Waals surface area contributed by atoms with Crippen molar-refractivity contribution in [2.24, 2.45) is 17.2 Å². The Bertz CT molecular complexity index is 446. The number of hydrogen-bond acceptors (Lipinski definition) is 9. The van der Waals surface area contributed by atoms with Crippen LogP contribution in [0, 0.1) is 0 Å². The zero-order valence-corrected chi connectivity index (χ0v) is 15.6. The second-order valence-corrected chi connectivity index (χ2v) is 4.12. The second-order valence-electron chi connectivity index (χ2n) is 4.12. The van der Waals surface area contributed by atoms with Gasteiger partial charge in [-0.3, -0.25) is 28.8 Å². The van der Waals surface area contributed by atoms with Crippen molar-refractivity contribution >= 4 is 35.6 Å². The van der Waals surface area contributed by atoms with Gasteiger partial charge >= 0.3 is 17.9 Å². The van der Waals surface area contributed by atoms with Crippen molar-refractivity contribution in [2.75, 3.05) is 39.3 Å². The first-order chi connectivity index (χ1) is 12.5. The molecule has 16 heteroatoms. The Hall–Kier alpha value is -2.79. The van der Waals surface area contributed by atoms with Crippen molar-refractivity contribution in [3.8, 4) is 0 Å². The third-order valence-corrected chi connectivity index (χ3v) is 1.87. The molecule has 0 saturated carbocycles. The number of nitrogens with two attached hydrogens (primary N) is 3. The molecule has 0 heterocycles. The molecule has 0 aromatic carbocycles. The van der Waals surface area contributed by atoms with Crippen LogP contribution in [-0.2, 0) is 45.5 Å². The predicted molar refractivity (Wildman–Crippen MR) is 89.1 cm³/mol. The van der Waals surface area contributed by atoms with Crippen LogP contribution in [0.25, 0.3) is 0 Å². The van der Waals surface area contributed by atoms with Crippen LogP contribution in [0.2, 0.25) is 0 Å². The average molecular weight is 455 g/mol. The standard InChI is InChI=1S/3C4H8N2O3.Co/c3*5-1-3(7)6-2-4(8)9;/h3*1-2,5H2,(H,6,7)(H,8,9);. The molecule has 15 nitrogen and oxygen atoms in total. The number of carbonyl (C=O) groups excluding carboxylic acids is 3. The summed E-state index contributed by atoms with van der Waals surface area (Å²) in [4.78, 5) is 59.9. The Balaban J connectivity index is -0.000000152. The van der Waals surface area contributed by atoms with E-state index < -0.39 is 35.6 Å². The molecule has 3 amide bonds. The van der Waals surface area contributed by atoms with E-state index in [1.165, 1.54) is 0 Å². The molecule has 0 spiro atoms. The van der Waals surface area contributed by atoms with Gasteiger partial charge in [0.2, 0.25) is 17.7 Å². The van der Waals surface area contributed by atoms with Crippen LogP contribution in [0.5, 0.6) is 0 Å². The quantitative estimate of drug-likeness (QED) is 0.157. The van der Waals surface area contributed by atoms with Crippen LogP contribution in [0.3, 0.4) is 0 Å². The molecular formula is C12H24CoN6O9. The van der Waals surface area contributed by atoms with Gasteiger partial charge in [0.15, 0.2) is 0 Å². The van der Waals surface area contributed by atoms with E-state index in [0.717, 1.165) is 0 Å². The SMILES string of the molecule is NCC(=O)NCC(=O)O.NCC(=O)NCC(=O)O.NCC(=O)NCC(=O)O.[Co]. The summed E-state index contributed by atoms with van der Waals surface area (Å²) in [6.45, 7) is -1.62. The van der Waals surface area contributed by atoms with Crippen molar-refractivity contribution < 1.29 is 60.9 Å². The summed E-state index contributed by atoms with van der Waals surface area (Å²) in [6.07, 6.45) is 0. The Morgan fingerprint density at radius 3 is 0.821 bits per heavy atom. The number of aliphatic carboxylic acids is 3. The average Bonchev–Trinajstić information content (AvgIpc) is 2.62. The first-order valence-electron chi connectivity index (χ1n) is 7.05. The molecule has 28 heavy (non-hydrogen) atoms. The van der Waals surface area contributed by atoms with Gasteiger partial charge in [-0.15, -0.1) is 0 Å². The maximum atomic E-state index is 10.2. The van der Waals surface area contributed by atoms with E-state index in [9.17, 15) is 28.8 Å². The van der Waals surface area contributed by atoms with E-state index in [1.807, 2.05) is 0 Å². The Kier molecular flexibility index (Phi) is 26.1. The van der Waals surface area contributed by atoms with Crippen LogP contribution in [-0.4, -0.2) is 90.2 Å². The van der Waals surface area contributed by atoms with E-state index >= 15 is 0 Å². The molecule has 0 aromatic heterocycles. The summed E-state index contributed by atoms with van der Waals surface area (Å²) in [5.41, 5.74) is 14.6. The molecule has 1 radical (unpaired) electrons. The smallest absolute Gasteiger partial charge is 0.322 e. The van der Waals surface area contributed by atoms with Crippen molar-refractivity contribution in [3.63, 3.8) is 0 Å². The van der Waals surface area contributed by atoms with Gasteiger partial charge in [-0.2, -0.15) is 0 Å². The molecule has 0 rings (SSSR count). The van der Waals surface area contributed by atoms with Gasteiger partial charge in [-0.25, -0.2) is 0 Å². The Morgan fingerprint density at radius 1 is 0.536 bits per heavy atom. The minimum absolute atomic E-state index is 0. The van der Waals surface area contributed by atoms with Crippen LogP contribution in [0.4, 0.5) is 0 Å². The topological polar surface area (TPSA) is 277 Å². The zero-order chi connectivity index (χ0) is 21.8. The third-order valence-electron chi connectivity index (χ3n) is 1.87. The van der Waals surface area contributed by atoms with Gasteiger partial charge in [0.25, 0.3) is 0 Å². The van der Waals surface area contributed by atoms with Crippen molar-refractivity contribution in [1.82, 2.24) is 16.0 Å². The van der Waals surface area contributed by atoms with E-state index in [2.05, 4.69) is 16.0 Å². The molecule has 0 aromatic rings. The number of hydrogen-bond donors (Lipinski definition) is 9. The number of carboxylic acid groups (broad SMARTS) is 3. The zero-order valence-electron chi connectivity index (χ0n) is 14.6. The van der Waals surface area contributed by atoms with Crippen molar-refractivity contribution in [1.29, 1.82) is 0 Å². The monoisotopic (exact) mass is 455 g/mol. The van der Waals surface area contributed by atoms with Gasteiger partial charge in [-0.1, -0.05) is 0 Å². The van der Waals surface area contributed by atoms with E-state index in [4.69, 9.17) is 32.5 Å². The van der Waals surface area contributed by atoms with Crippen LogP contribution >= 0.6 is 0 Å². The van der Waals surface area contributed by atoms with Gasteiger partial charge < -0.3 is 48.5 Å². The largest absolute Gasteiger partial charge is 0.480 e. The molecule has 0 saturated heterocycles. The summed E-state index contributed by atoms with van der Waals surface area (Å²) in [5.74, 6) is -4.60. The van der Waals surface area contributed by atoms with Gasteiger partial charge in [-0.05, 0) is 0 Å². The number of carbonyl (C=O) groups is 6. The van der Waals surface area contributed by atoms with E-state index in [1.54, 1.807) is 0 Å². The molecule has 0 aliphatic rings. The van der Waals surface area contributed by atoms with Gasteiger partial charge in [0, 0.05) is 16.8 Å².